The molecule has 128 valence electrons. The highest BCUT2D eigenvalue weighted by molar-refractivity contribution is 5.78. The van der Waals surface area contributed by atoms with Gasteiger partial charge in [-0.3, -0.25) is 4.79 Å². The van der Waals surface area contributed by atoms with E-state index in [1.54, 1.807) is 20.3 Å². The predicted octanol–water partition coefficient (Wildman–Crippen LogP) is 1.91. The maximum Gasteiger partial charge on any atom is 0.224 e. The highest BCUT2D eigenvalue weighted by Gasteiger charge is 2.28. The van der Waals surface area contributed by atoms with Gasteiger partial charge in [-0.15, -0.1) is 0 Å². The van der Waals surface area contributed by atoms with E-state index in [1.165, 1.54) is 0 Å². The van der Waals surface area contributed by atoms with Crippen LogP contribution in [0.4, 0.5) is 0 Å². The Labute approximate surface area is 137 Å². The zero-order chi connectivity index (χ0) is 16.7. The number of methoxy groups -OCH3 is 2. The molecule has 1 N–H and O–H groups in total. The summed E-state index contributed by atoms with van der Waals surface area (Å²) in [7, 11) is 3.16. The van der Waals surface area contributed by atoms with Gasteiger partial charge in [-0.25, -0.2) is 0 Å². The minimum absolute atomic E-state index is 0.0448. The van der Waals surface area contributed by atoms with Gasteiger partial charge in [0.2, 0.25) is 5.91 Å². The van der Waals surface area contributed by atoms with Gasteiger partial charge in [-0.2, -0.15) is 0 Å². The third-order valence-corrected chi connectivity index (χ3v) is 3.82. The van der Waals surface area contributed by atoms with Crippen LogP contribution in [0.25, 0.3) is 0 Å². The van der Waals surface area contributed by atoms with Crippen LogP contribution in [-0.4, -0.2) is 45.7 Å². The molecule has 1 amide bonds. The molecule has 23 heavy (non-hydrogen) atoms. The van der Waals surface area contributed by atoms with Crippen LogP contribution in [0.1, 0.15) is 25.3 Å². The summed E-state index contributed by atoms with van der Waals surface area (Å²) in [5.41, 5.74) is 0.872. The number of hydrogen-bond acceptors (Lipinski definition) is 5. The lowest BCUT2D eigenvalue weighted by atomic mass is 10.1. The normalized spacial score (nSPS) is 16.7. The maximum absolute atomic E-state index is 12.0. The van der Waals surface area contributed by atoms with Crippen molar-refractivity contribution in [1.82, 2.24) is 5.32 Å². The molecule has 1 saturated heterocycles. The largest absolute Gasteiger partial charge is 0.493 e. The fourth-order valence-corrected chi connectivity index (χ4v) is 2.49. The quantitative estimate of drug-likeness (QED) is 0.830. The lowest BCUT2D eigenvalue weighted by Crippen LogP contribution is -2.41. The Morgan fingerprint density at radius 3 is 2.57 bits per heavy atom. The highest BCUT2D eigenvalue weighted by Crippen LogP contribution is 2.27. The van der Waals surface area contributed by atoms with Crippen molar-refractivity contribution >= 4 is 5.91 Å². The van der Waals surface area contributed by atoms with E-state index in [2.05, 4.69) is 5.32 Å². The number of hydrogen-bond donors (Lipinski definition) is 1. The summed E-state index contributed by atoms with van der Waals surface area (Å²) < 4.78 is 21.7. The lowest BCUT2D eigenvalue weighted by Gasteiger charge is -2.33. The first-order valence-electron chi connectivity index (χ1n) is 7.82. The van der Waals surface area contributed by atoms with Crippen molar-refractivity contribution in [2.24, 2.45) is 0 Å². The Morgan fingerprint density at radius 1 is 1.22 bits per heavy atom. The average molecular weight is 323 g/mol. The van der Waals surface area contributed by atoms with Crippen molar-refractivity contribution < 1.29 is 23.7 Å². The minimum Gasteiger partial charge on any atom is -0.493 e. The Morgan fingerprint density at radius 2 is 1.91 bits per heavy atom. The second-order valence-electron chi connectivity index (χ2n) is 5.65. The number of nitrogens with one attached hydrogen (secondary N) is 1. The molecule has 6 heteroatoms. The molecule has 0 bridgehead atoms. The monoisotopic (exact) mass is 323 g/mol. The molecule has 0 aliphatic carbocycles. The van der Waals surface area contributed by atoms with Gasteiger partial charge in [0.05, 0.1) is 33.9 Å². The minimum atomic E-state index is -0.588. The molecule has 0 aromatic heterocycles. The van der Waals surface area contributed by atoms with E-state index in [0.717, 1.165) is 12.0 Å². The Bertz CT molecular complexity index is 526. The molecule has 1 fully saturated rings. The lowest BCUT2D eigenvalue weighted by molar-refractivity contribution is -0.257. The zero-order valence-electron chi connectivity index (χ0n) is 14.0. The average Bonchev–Trinajstić information content (AvgIpc) is 2.55. The van der Waals surface area contributed by atoms with Crippen LogP contribution in [0, 0.1) is 0 Å². The summed E-state index contributed by atoms with van der Waals surface area (Å²) in [5.74, 6) is 0.636. The van der Waals surface area contributed by atoms with Gasteiger partial charge in [-0.05, 0) is 31.0 Å². The van der Waals surface area contributed by atoms with Crippen LogP contribution in [0.5, 0.6) is 11.5 Å². The number of benzene rings is 1. The van der Waals surface area contributed by atoms with Crippen LogP contribution in [-0.2, 0) is 20.7 Å². The molecule has 1 aliphatic heterocycles. The van der Waals surface area contributed by atoms with Crippen molar-refractivity contribution in [3.8, 4) is 11.5 Å². The van der Waals surface area contributed by atoms with Crippen LogP contribution in [0.3, 0.4) is 0 Å². The molecular weight excluding hydrogens is 298 g/mol. The van der Waals surface area contributed by atoms with Gasteiger partial charge in [-0.1, -0.05) is 6.07 Å². The van der Waals surface area contributed by atoms with Crippen LogP contribution >= 0.6 is 0 Å². The molecule has 1 aromatic rings. The first kappa shape index (κ1) is 17.6. The van der Waals surface area contributed by atoms with E-state index in [4.69, 9.17) is 18.9 Å². The highest BCUT2D eigenvalue weighted by atomic mass is 16.7. The number of ether oxygens (including phenoxy) is 4. The Hall–Kier alpha value is -1.79. The number of amides is 1. The van der Waals surface area contributed by atoms with Crippen molar-refractivity contribution in [2.75, 3.05) is 34.0 Å². The van der Waals surface area contributed by atoms with Crippen molar-refractivity contribution in [2.45, 2.75) is 32.0 Å². The third-order valence-electron chi connectivity index (χ3n) is 3.82. The summed E-state index contributed by atoms with van der Waals surface area (Å²) in [4.78, 5) is 12.0. The second-order valence-corrected chi connectivity index (χ2v) is 5.65. The van der Waals surface area contributed by atoms with Gasteiger partial charge >= 0.3 is 0 Å². The van der Waals surface area contributed by atoms with Crippen LogP contribution < -0.4 is 14.8 Å². The maximum atomic E-state index is 12.0. The summed E-state index contributed by atoms with van der Waals surface area (Å²) in [6, 6.07) is 5.47. The van der Waals surface area contributed by atoms with Crippen molar-refractivity contribution in [3.63, 3.8) is 0 Å². The molecule has 6 nitrogen and oxygen atoms in total. The SMILES string of the molecule is COc1ccc(CC(=O)NCCC2(C)OCCCO2)cc1OC. The van der Waals surface area contributed by atoms with E-state index in [9.17, 15) is 4.79 Å². The fourth-order valence-electron chi connectivity index (χ4n) is 2.49. The number of carbonyl (C=O) groups is 1. The standard InChI is InChI=1S/C17H25NO5/c1-17(22-9-4-10-23-17)7-8-18-16(19)12-13-5-6-14(20-2)15(11-13)21-3/h5-6,11H,4,7-10,12H2,1-3H3,(H,18,19). The molecule has 1 aliphatic rings. The van der Waals surface area contributed by atoms with Crippen LogP contribution in [0.15, 0.2) is 18.2 Å². The summed E-state index contributed by atoms with van der Waals surface area (Å²) >= 11 is 0. The predicted molar refractivity (Wildman–Crippen MR) is 85.8 cm³/mol. The molecule has 0 spiro atoms. The molecular formula is C17H25NO5. The molecule has 1 aromatic carbocycles. The molecule has 0 atom stereocenters. The van der Waals surface area contributed by atoms with Gasteiger partial charge in [0.15, 0.2) is 17.3 Å². The Kier molecular flexibility index (Phi) is 6.24. The molecule has 0 unspecified atom stereocenters. The molecule has 1 heterocycles. The van der Waals surface area contributed by atoms with E-state index in [1.807, 2.05) is 19.1 Å². The van der Waals surface area contributed by atoms with Crippen LogP contribution in [0.2, 0.25) is 0 Å². The van der Waals surface area contributed by atoms with Gasteiger partial charge in [0.25, 0.3) is 0 Å². The Balaban J connectivity index is 1.80. The zero-order valence-corrected chi connectivity index (χ0v) is 14.0. The summed E-state index contributed by atoms with van der Waals surface area (Å²) in [6.07, 6.45) is 1.84. The summed E-state index contributed by atoms with van der Waals surface area (Å²) in [6.45, 7) is 3.83. The van der Waals surface area contributed by atoms with E-state index in [0.29, 0.717) is 44.1 Å². The third kappa shape index (κ3) is 5.11. The van der Waals surface area contributed by atoms with E-state index < -0.39 is 5.79 Å². The van der Waals surface area contributed by atoms with Gasteiger partial charge < -0.3 is 24.3 Å². The number of carbonyl (C=O) groups excluding carboxylic acids is 1. The molecule has 2 rings (SSSR count). The first-order valence-corrected chi connectivity index (χ1v) is 7.82. The molecule has 0 radical (unpaired) electrons. The summed E-state index contributed by atoms with van der Waals surface area (Å²) in [5, 5.41) is 2.90. The van der Waals surface area contributed by atoms with Gasteiger partial charge in [0, 0.05) is 13.0 Å². The van der Waals surface area contributed by atoms with Gasteiger partial charge in [0.1, 0.15) is 0 Å². The number of rotatable bonds is 7. The van der Waals surface area contributed by atoms with Crippen molar-refractivity contribution in [3.05, 3.63) is 23.8 Å². The second kappa shape index (κ2) is 8.17. The molecule has 0 saturated carbocycles. The van der Waals surface area contributed by atoms with Crippen molar-refractivity contribution in [1.29, 1.82) is 0 Å². The fraction of sp³-hybridized carbons (Fsp3) is 0.588. The van der Waals surface area contributed by atoms with E-state index in [-0.39, 0.29) is 5.91 Å². The first-order chi connectivity index (χ1) is 11.1. The smallest absolute Gasteiger partial charge is 0.224 e. The van der Waals surface area contributed by atoms with E-state index >= 15 is 0 Å². The topological polar surface area (TPSA) is 66.0 Å².